The molecule has 2 aromatic rings. The van der Waals surface area contributed by atoms with Crippen LogP contribution >= 0.6 is 0 Å². The zero-order valence-electron chi connectivity index (χ0n) is 14.7. The van der Waals surface area contributed by atoms with Gasteiger partial charge in [0.1, 0.15) is 16.5 Å². The Morgan fingerprint density at radius 3 is 2.11 bits per heavy atom. The van der Waals surface area contributed by atoms with E-state index in [2.05, 4.69) is 0 Å². The quantitative estimate of drug-likeness (QED) is 0.678. The summed E-state index contributed by atoms with van der Waals surface area (Å²) in [5.41, 5.74) is 0.0392. The number of sulfonamides is 1. The standard InChI is InChI=1S/C19H18F5NO2S/c20-16-5-6-18(17(21)12-16)28(26,27)25-9-7-14(8-10-25)11-13-1-3-15(4-2-13)19(22,23)24/h1-6,12,14H,7-11H2. The van der Waals surface area contributed by atoms with Crippen LogP contribution in [0.5, 0.6) is 0 Å². The summed E-state index contributed by atoms with van der Waals surface area (Å²) in [6.07, 6.45) is -2.84. The molecule has 0 amide bonds. The third-order valence-corrected chi connectivity index (χ3v) is 6.82. The maximum atomic E-state index is 13.9. The molecule has 1 fully saturated rings. The van der Waals surface area contributed by atoms with Gasteiger partial charge in [0.25, 0.3) is 0 Å². The summed E-state index contributed by atoms with van der Waals surface area (Å²) in [5.74, 6) is -1.88. The summed E-state index contributed by atoms with van der Waals surface area (Å²) in [6, 6.07) is 7.27. The van der Waals surface area contributed by atoms with E-state index in [1.807, 2.05) is 0 Å². The molecule has 0 saturated carbocycles. The number of benzene rings is 2. The highest BCUT2D eigenvalue weighted by atomic mass is 32.2. The van der Waals surface area contributed by atoms with Crippen molar-refractivity contribution in [3.05, 3.63) is 65.2 Å². The molecule has 1 saturated heterocycles. The molecule has 0 bridgehead atoms. The van der Waals surface area contributed by atoms with Gasteiger partial charge in [0.15, 0.2) is 0 Å². The zero-order valence-corrected chi connectivity index (χ0v) is 15.5. The Morgan fingerprint density at radius 1 is 0.964 bits per heavy atom. The molecule has 28 heavy (non-hydrogen) atoms. The van der Waals surface area contributed by atoms with Crippen molar-refractivity contribution < 1.29 is 30.4 Å². The van der Waals surface area contributed by atoms with Crippen LogP contribution in [0.1, 0.15) is 24.0 Å². The smallest absolute Gasteiger partial charge is 0.207 e. The number of piperidine rings is 1. The lowest BCUT2D eigenvalue weighted by atomic mass is 9.91. The molecule has 0 spiro atoms. The van der Waals surface area contributed by atoms with Crippen LogP contribution in [0.4, 0.5) is 22.0 Å². The van der Waals surface area contributed by atoms with Crippen molar-refractivity contribution in [1.29, 1.82) is 0 Å². The second-order valence-corrected chi connectivity index (χ2v) is 8.73. The molecule has 0 radical (unpaired) electrons. The fraction of sp³-hybridized carbons (Fsp3) is 0.368. The van der Waals surface area contributed by atoms with Crippen molar-refractivity contribution in [2.24, 2.45) is 5.92 Å². The van der Waals surface area contributed by atoms with Crippen LogP contribution in [0.2, 0.25) is 0 Å². The molecule has 0 aromatic heterocycles. The summed E-state index contributed by atoms with van der Waals surface area (Å²) in [5, 5.41) is 0. The van der Waals surface area contributed by atoms with Gasteiger partial charge in [-0.3, -0.25) is 0 Å². The van der Waals surface area contributed by atoms with E-state index >= 15 is 0 Å². The minimum atomic E-state index is -4.38. The van der Waals surface area contributed by atoms with Crippen molar-refractivity contribution in [3.63, 3.8) is 0 Å². The van der Waals surface area contributed by atoms with Crippen LogP contribution in [0, 0.1) is 17.6 Å². The SMILES string of the molecule is O=S(=O)(c1ccc(F)cc1F)N1CCC(Cc2ccc(C(F)(F)F)cc2)CC1. The van der Waals surface area contributed by atoms with Gasteiger partial charge in [-0.15, -0.1) is 0 Å². The summed E-state index contributed by atoms with van der Waals surface area (Å²) in [7, 11) is -4.06. The Labute approximate surface area is 159 Å². The highest BCUT2D eigenvalue weighted by Gasteiger charge is 2.32. The van der Waals surface area contributed by atoms with Crippen molar-refractivity contribution in [3.8, 4) is 0 Å². The average molecular weight is 419 g/mol. The summed E-state index contributed by atoms with van der Waals surface area (Å²) in [6.45, 7) is 0.342. The van der Waals surface area contributed by atoms with Gasteiger partial charge in [-0.25, -0.2) is 17.2 Å². The molecule has 3 nitrogen and oxygen atoms in total. The lowest BCUT2D eigenvalue weighted by Gasteiger charge is -2.31. The molecule has 0 unspecified atom stereocenters. The molecule has 0 aliphatic carbocycles. The predicted molar refractivity (Wildman–Crippen MR) is 93.0 cm³/mol. The lowest BCUT2D eigenvalue weighted by molar-refractivity contribution is -0.137. The Morgan fingerprint density at radius 2 is 1.57 bits per heavy atom. The van der Waals surface area contributed by atoms with Gasteiger partial charge in [0.05, 0.1) is 5.56 Å². The maximum absolute atomic E-state index is 13.9. The molecule has 3 rings (SSSR count). The monoisotopic (exact) mass is 419 g/mol. The van der Waals surface area contributed by atoms with Crippen LogP contribution in [-0.4, -0.2) is 25.8 Å². The predicted octanol–water partition coefficient (Wildman–Crippen LogP) is 4.63. The Hall–Kier alpha value is -2.00. The molecule has 0 atom stereocenters. The molecule has 9 heteroatoms. The molecule has 2 aromatic carbocycles. The zero-order chi connectivity index (χ0) is 20.5. The molecule has 1 aliphatic heterocycles. The maximum Gasteiger partial charge on any atom is 0.416 e. The van der Waals surface area contributed by atoms with E-state index in [0.717, 1.165) is 34.1 Å². The minimum Gasteiger partial charge on any atom is -0.207 e. The van der Waals surface area contributed by atoms with E-state index in [1.54, 1.807) is 0 Å². The lowest BCUT2D eigenvalue weighted by Crippen LogP contribution is -2.39. The van der Waals surface area contributed by atoms with E-state index in [0.29, 0.717) is 25.3 Å². The summed E-state index contributed by atoms with van der Waals surface area (Å²) < 4.78 is 91.0. The Balaban J connectivity index is 1.62. The van der Waals surface area contributed by atoms with Gasteiger partial charge >= 0.3 is 6.18 Å². The number of alkyl halides is 3. The Kier molecular flexibility index (Phi) is 5.77. The van der Waals surface area contributed by atoms with Crippen molar-refractivity contribution in [2.45, 2.75) is 30.3 Å². The van der Waals surface area contributed by atoms with E-state index in [1.165, 1.54) is 12.1 Å². The van der Waals surface area contributed by atoms with E-state index in [9.17, 15) is 30.4 Å². The summed E-state index contributed by atoms with van der Waals surface area (Å²) in [4.78, 5) is -0.560. The summed E-state index contributed by atoms with van der Waals surface area (Å²) >= 11 is 0. The fourth-order valence-corrected chi connectivity index (χ4v) is 4.86. The van der Waals surface area contributed by atoms with Crippen molar-refractivity contribution >= 4 is 10.0 Å². The molecular formula is C19H18F5NO2S. The van der Waals surface area contributed by atoms with Crippen LogP contribution < -0.4 is 0 Å². The number of hydrogen-bond acceptors (Lipinski definition) is 2. The largest absolute Gasteiger partial charge is 0.416 e. The average Bonchev–Trinajstić information content (AvgIpc) is 2.61. The fourth-order valence-electron chi connectivity index (χ4n) is 3.34. The van der Waals surface area contributed by atoms with Crippen LogP contribution in [0.25, 0.3) is 0 Å². The van der Waals surface area contributed by atoms with Gasteiger partial charge < -0.3 is 0 Å². The number of hydrogen-bond donors (Lipinski definition) is 0. The molecule has 0 N–H and O–H groups in total. The van der Waals surface area contributed by atoms with Crippen molar-refractivity contribution in [1.82, 2.24) is 4.31 Å². The normalized spacial score (nSPS) is 17.0. The van der Waals surface area contributed by atoms with Gasteiger partial charge in [0, 0.05) is 19.2 Å². The second-order valence-electron chi connectivity index (χ2n) is 6.82. The number of halogens is 5. The third-order valence-electron chi connectivity index (χ3n) is 4.89. The van der Waals surface area contributed by atoms with Gasteiger partial charge in [-0.1, -0.05) is 12.1 Å². The molecule has 1 heterocycles. The minimum absolute atomic E-state index is 0.112. The van der Waals surface area contributed by atoms with Gasteiger partial charge in [-0.2, -0.15) is 17.5 Å². The first-order valence-corrected chi connectivity index (χ1v) is 10.1. The highest BCUT2D eigenvalue weighted by molar-refractivity contribution is 7.89. The Bertz CT molecular complexity index is 934. The number of nitrogens with zero attached hydrogens (tertiary/aromatic N) is 1. The first-order valence-electron chi connectivity index (χ1n) is 8.69. The van der Waals surface area contributed by atoms with Gasteiger partial charge in [0.2, 0.25) is 10.0 Å². The van der Waals surface area contributed by atoms with Crippen LogP contribution in [0.15, 0.2) is 47.4 Å². The van der Waals surface area contributed by atoms with E-state index in [-0.39, 0.29) is 19.0 Å². The van der Waals surface area contributed by atoms with E-state index < -0.39 is 38.3 Å². The van der Waals surface area contributed by atoms with E-state index in [4.69, 9.17) is 0 Å². The van der Waals surface area contributed by atoms with Crippen LogP contribution in [0.3, 0.4) is 0 Å². The number of rotatable bonds is 4. The molecule has 1 aliphatic rings. The highest BCUT2D eigenvalue weighted by Crippen LogP contribution is 2.31. The first kappa shape index (κ1) is 20.7. The molecule has 152 valence electrons. The second kappa shape index (κ2) is 7.79. The van der Waals surface area contributed by atoms with Crippen LogP contribution in [-0.2, 0) is 22.6 Å². The first-order chi connectivity index (χ1) is 13.1. The third kappa shape index (κ3) is 4.52. The molecular weight excluding hydrogens is 401 g/mol. The van der Waals surface area contributed by atoms with Gasteiger partial charge in [-0.05, 0) is 55.0 Å². The van der Waals surface area contributed by atoms with Crippen molar-refractivity contribution in [2.75, 3.05) is 13.1 Å². The topological polar surface area (TPSA) is 37.4 Å².